The molecule has 21 heavy (non-hydrogen) atoms. The summed E-state index contributed by atoms with van der Waals surface area (Å²) in [5.74, 6) is 0.991. The number of nitrogens with zero attached hydrogens (tertiary/aromatic N) is 1. The fourth-order valence-electron chi connectivity index (χ4n) is 3.68. The van der Waals surface area contributed by atoms with E-state index in [-0.39, 0.29) is 0 Å². The molecule has 4 rings (SSSR count). The summed E-state index contributed by atoms with van der Waals surface area (Å²) in [5, 5.41) is 15.2. The minimum Gasteiger partial charge on any atom is -0.376 e. The number of aryl methyl sites for hydroxylation is 1. The number of hydrogen-bond donors (Lipinski definition) is 1. The third kappa shape index (κ3) is 1.83. The molecule has 0 bridgehead atoms. The first-order valence-corrected chi connectivity index (χ1v) is 8.17. The summed E-state index contributed by atoms with van der Waals surface area (Å²) in [6.07, 6.45) is 5.72. The van der Waals surface area contributed by atoms with Crippen molar-refractivity contribution in [2.75, 3.05) is 5.32 Å². The van der Waals surface area contributed by atoms with E-state index in [4.69, 9.17) is 0 Å². The summed E-state index contributed by atoms with van der Waals surface area (Å²) in [7, 11) is 0. The predicted molar refractivity (Wildman–Crippen MR) is 86.6 cm³/mol. The van der Waals surface area contributed by atoms with Gasteiger partial charge >= 0.3 is 0 Å². The van der Waals surface area contributed by atoms with Crippen molar-refractivity contribution in [3.8, 4) is 6.07 Å². The second-order valence-corrected chi connectivity index (χ2v) is 6.77. The van der Waals surface area contributed by atoms with Gasteiger partial charge in [-0.3, -0.25) is 0 Å². The van der Waals surface area contributed by atoms with E-state index in [0.29, 0.717) is 17.9 Å². The maximum atomic E-state index is 9.40. The van der Waals surface area contributed by atoms with Crippen LogP contribution in [0.1, 0.15) is 39.9 Å². The van der Waals surface area contributed by atoms with Gasteiger partial charge in [0.25, 0.3) is 0 Å². The van der Waals surface area contributed by atoms with Gasteiger partial charge in [-0.05, 0) is 47.9 Å². The molecule has 3 heteroatoms. The zero-order valence-electron chi connectivity index (χ0n) is 11.8. The summed E-state index contributed by atoms with van der Waals surface area (Å²) in [6, 6.07) is 10.9. The van der Waals surface area contributed by atoms with Crippen LogP contribution in [0.3, 0.4) is 0 Å². The van der Waals surface area contributed by atoms with Crippen molar-refractivity contribution in [2.24, 2.45) is 5.92 Å². The second-order valence-electron chi connectivity index (χ2n) is 5.82. The summed E-state index contributed by atoms with van der Waals surface area (Å²) in [6.45, 7) is 2.18. The molecule has 0 radical (unpaired) electrons. The third-order valence-electron chi connectivity index (χ3n) is 4.70. The Morgan fingerprint density at radius 1 is 1.33 bits per heavy atom. The Hall–Kier alpha value is -2.05. The van der Waals surface area contributed by atoms with Crippen LogP contribution < -0.4 is 5.32 Å². The molecule has 1 aliphatic carbocycles. The highest BCUT2D eigenvalue weighted by Gasteiger charge is 2.39. The molecule has 0 saturated carbocycles. The number of allylic oxidation sites excluding steroid dienone is 2. The number of para-hydroxylation sites is 1. The molecule has 0 amide bonds. The maximum absolute atomic E-state index is 9.40. The van der Waals surface area contributed by atoms with E-state index in [1.54, 1.807) is 0 Å². The topological polar surface area (TPSA) is 35.8 Å². The van der Waals surface area contributed by atoms with Gasteiger partial charge in [0.15, 0.2) is 0 Å². The van der Waals surface area contributed by atoms with Crippen LogP contribution in [0.25, 0.3) is 0 Å². The third-order valence-corrected chi connectivity index (χ3v) is 5.80. The molecule has 0 saturated heterocycles. The summed E-state index contributed by atoms with van der Waals surface area (Å²) in [4.78, 5) is 1.41. The van der Waals surface area contributed by atoms with Gasteiger partial charge < -0.3 is 5.32 Å². The molecule has 1 aromatic carbocycles. The first-order valence-electron chi connectivity index (χ1n) is 7.30. The van der Waals surface area contributed by atoms with Crippen LogP contribution in [0, 0.1) is 24.2 Å². The van der Waals surface area contributed by atoms with Gasteiger partial charge in [-0.1, -0.05) is 24.3 Å². The standard InChI is InChI=1S/C18H16N2S/c1-11-8-9-21-18(11)17-15-7-3-5-13(15)14-6-2-4-12(10-19)16(14)20-17/h2-6,8-9,13,15,17,20H,7H2,1H3. The lowest BCUT2D eigenvalue weighted by molar-refractivity contribution is 0.429. The fourth-order valence-corrected chi connectivity index (χ4v) is 4.73. The van der Waals surface area contributed by atoms with Gasteiger partial charge in [-0.15, -0.1) is 11.3 Å². The average molecular weight is 292 g/mol. The van der Waals surface area contributed by atoms with Gasteiger partial charge in [0.05, 0.1) is 17.3 Å². The monoisotopic (exact) mass is 292 g/mol. The Kier molecular flexibility index (Phi) is 2.87. The van der Waals surface area contributed by atoms with E-state index in [2.05, 4.69) is 48.0 Å². The minimum atomic E-state index is 0.312. The van der Waals surface area contributed by atoms with E-state index in [1.165, 1.54) is 16.0 Å². The molecule has 2 nitrogen and oxygen atoms in total. The Morgan fingerprint density at radius 2 is 2.24 bits per heavy atom. The van der Waals surface area contributed by atoms with Crippen LogP contribution in [0.4, 0.5) is 5.69 Å². The first kappa shape index (κ1) is 12.7. The van der Waals surface area contributed by atoms with Crippen LogP contribution >= 0.6 is 11.3 Å². The van der Waals surface area contributed by atoms with E-state index >= 15 is 0 Å². The molecule has 2 aromatic rings. The van der Waals surface area contributed by atoms with Gasteiger partial charge in [-0.25, -0.2) is 0 Å². The highest BCUT2D eigenvalue weighted by molar-refractivity contribution is 7.10. The van der Waals surface area contributed by atoms with E-state index in [9.17, 15) is 5.26 Å². The number of fused-ring (bicyclic) bond motifs is 3. The quantitative estimate of drug-likeness (QED) is 0.770. The van der Waals surface area contributed by atoms with Crippen molar-refractivity contribution in [1.82, 2.24) is 0 Å². The molecule has 3 unspecified atom stereocenters. The Balaban J connectivity index is 1.87. The SMILES string of the molecule is Cc1ccsc1C1Nc2c(C#N)cccc2C2C=CCC21. The number of anilines is 1. The molecule has 3 atom stereocenters. The van der Waals surface area contributed by atoms with Gasteiger partial charge in [0.2, 0.25) is 0 Å². The number of rotatable bonds is 1. The largest absolute Gasteiger partial charge is 0.376 e. The molecule has 0 spiro atoms. The normalized spacial score (nSPS) is 25.8. The van der Waals surface area contributed by atoms with Crippen molar-refractivity contribution in [3.05, 3.63) is 63.4 Å². The molecule has 1 N–H and O–H groups in total. The number of nitrogens with one attached hydrogen (secondary N) is 1. The van der Waals surface area contributed by atoms with Crippen LogP contribution in [-0.2, 0) is 0 Å². The van der Waals surface area contributed by atoms with Crippen LogP contribution in [0.15, 0.2) is 41.8 Å². The van der Waals surface area contributed by atoms with Gasteiger partial charge in [-0.2, -0.15) is 5.26 Å². The maximum Gasteiger partial charge on any atom is 0.101 e. The molecule has 0 fully saturated rings. The molecule has 2 aliphatic rings. The lowest BCUT2D eigenvalue weighted by Gasteiger charge is -2.37. The Labute approximate surface area is 128 Å². The molecule has 104 valence electrons. The molecular weight excluding hydrogens is 276 g/mol. The van der Waals surface area contributed by atoms with Crippen molar-refractivity contribution in [2.45, 2.75) is 25.3 Å². The molecule has 2 heterocycles. The van der Waals surface area contributed by atoms with Crippen molar-refractivity contribution in [1.29, 1.82) is 5.26 Å². The lowest BCUT2D eigenvalue weighted by Crippen LogP contribution is -2.29. The predicted octanol–water partition coefficient (Wildman–Crippen LogP) is 4.75. The van der Waals surface area contributed by atoms with Crippen molar-refractivity contribution < 1.29 is 0 Å². The fraction of sp³-hybridized carbons (Fsp3) is 0.278. The van der Waals surface area contributed by atoms with Gasteiger partial charge in [0, 0.05) is 10.8 Å². The Bertz CT molecular complexity index is 766. The van der Waals surface area contributed by atoms with Crippen molar-refractivity contribution >= 4 is 17.0 Å². The lowest BCUT2D eigenvalue weighted by atomic mass is 9.77. The average Bonchev–Trinajstić information content (AvgIpc) is 3.14. The van der Waals surface area contributed by atoms with E-state index < -0.39 is 0 Å². The number of benzene rings is 1. The second kappa shape index (κ2) is 4.75. The molecule has 1 aliphatic heterocycles. The molecule has 1 aromatic heterocycles. The Morgan fingerprint density at radius 3 is 3.00 bits per heavy atom. The zero-order valence-corrected chi connectivity index (χ0v) is 12.7. The number of thiophene rings is 1. The highest BCUT2D eigenvalue weighted by Crippen LogP contribution is 2.51. The highest BCUT2D eigenvalue weighted by atomic mass is 32.1. The van der Waals surface area contributed by atoms with Crippen LogP contribution in [-0.4, -0.2) is 0 Å². The summed E-state index contributed by atoms with van der Waals surface area (Å²) >= 11 is 1.82. The van der Waals surface area contributed by atoms with E-state index in [1.807, 2.05) is 23.5 Å². The zero-order chi connectivity index (χ0) is 14.4. The first-order chi connectivity index (χ1) is 10.3. The van der Waals surface area contributed by atoms with Gasteiger partial charge in [0.1, 0.15) is 6.07 Å². The molecular formula is C18H16N2S. The smallest absolute Gasteiger partial charge is 0.101 e. The number of hydrogen-bond acceptors (Lipinski definition) is 3. The summed E-state index contributed by atoms with van der Waals surface area (Å²) in [5.41, 5.74) is 4.41. The number of nitriles is 1. The van der Waals surface area contributed by atoms with Crippen LogP contribution in [0.5, 0.6) is 0 Å². The van der Waals surface area contributed by atoms with E-state index in [0.717, 1.165) is 17.7 Å². The minimum absolute atomic E-state index is 0.312. The summed E-state index contributed by atoms with van der Waals surface area (Å²) < 4.78 is 0. The van der Waals surface area contributed by atoms with Crippen molar-refractivity contribution in [3.63, 3.8) is 0 Å². The van der Waals surface area contributed by atoms with Crippen LogP contribution in [0.2, 0.25) is 0 Å².